The molecule has 0 aliphatic rings. The topological polar surface area (TPSA) is 38.9 Å². The molecule has 0 radical (unpaired) electrons. The third kappa shape index (κ3) is 3.02. The molecule has 0 spiro atoms. The lowest BCUT2D eigenvalue weighted by atomic mass is 9.80. The monoisotopic (exact) mass is 260 g/mol. The first-order valence-electron chi connectivity index (χ1n) is 5.94. The number of nitrogens with two attached hydrogens (primary N) is 1. The zero-order valence-corrected chi connectivity index (χ0v) is 11.4. The number of nitrogen functional groups attached to an aromatic ring is 1. The second kappa shape index (κ2) is 4.99. The number of anilines is 1. The van der Waals surface area contributed by atoms with Crippen molar-refractivity contribution in [3.8, 4) is 0 Å². The Hall–Kier alpha value is -1.54. The van der Waals surface area contributed by atoms with Crippen LogP contribution in [-0.2, 0) is 11.8 Å². The summed E-state index contributed by atoms with van der Waals surface area (Å²) in [5.74, 6) is 0. The van der Waals surface area contributed by atoms with E-state index >= 15 is 0 Å². The van der Waals surface area contributed by atoms with Crippen molar-refractivity contribution in [2.45, 2.75) is 25.7 Å². The Morgan fingerprint density at radius 1 is 1.22 bits per heavy atom. The van der Waals surface area contributed by atoms with Crippen molar-refractivity contribution < 1.29 is 0 Å². The van der Waals surface area contributed by atoms with Gasteiger partial charge in [-0.25, -0.2) is 0 Å². The van der Waals surface area contributed by atoms with Gasteiger partial charge in [0.25, 0.3) is 0 Å². The number of nitrogens with zero attached hydrogens (tertiary/aromatic N) is 1. The van der Waals surface area contributed by atoms with Crippen LogP contribution >= 0.6 is 11.6 Å². The summed E-state index contributed by atoms with van der Waals surface area (Å²) in [7, 11) is 0. The summed E-state index contributed by atoms with van der Waals surface area (Å²) >= 11 is 6.04. The number of halogens is 1. The van der Waals surface area contributed by atoms with Crippen molar-refractivity contribution in [3.05, 3.63) is 58.9 Å². The highest BCUT2D eigenvalue weighted by atomic mass is 35.5. The van der Waals surface area contributed by atoms with E-state index in [0.717, 1.165) is 17.1 Å². The average molecular weight is 261 g/mol. The number of hydrogen-bond acceptors (Lipinski definition) is 2. The van der Waals surface area contributed by atoms with Gasteiger partial charge >= 0.3 is 0 Å². The van der Waals surface area contributed by atoms with Gasteiger partial charge in [0.05, 0.1) is 11.9 Å². The van der Waals surface area contributed by atoms with Gasteiger partial charge in [-0.2, -0.15) is 0 Å². The molecule has 2 nitrogen and oxygen atoms in total. The van der Waals surface area contributed by atoms with Crippen molar-refractivity contribution >= 4 is 17.3 Å². The maximum absolute atomic E-state index is 6.04. The summed E-state index contributed by atoms with van der Waals surface area (Å²) < 4.78 is 0. The number of aromatic nitrogens is 1. The van der Waals surface area contributed by atoms with E-state index in [0.29, 0.717) is 5.69 Å². The number of hydrogen-bond donors (Lipinski definition) is 1. The predicted octanol–water partition coefficient (Wildman–Crippen LogP) is 3.84. The SMILES string of the molecule is CC(C)(Cc1ccc(N)cn1)c1cccc(Cl)c1. The zero-order chi connectivity index (χ0) is 13.2. The molecule has 0 unspecified atom stereocenters. The molecule has 0 aliphatic carbocycles. The molecule has 0 bridgehead atoms. The zero-order valence-electron chi connectivity index (χ0n) is 10.7. The molecule has 0 atom stereocenters. The van der Waals surface area contributed by atoms with E-state index in [-0.39, 0.29) is 5.41 Å². The van der Waals surface area contributed by atoms with Crippen LogP contribution in [0.1, 0.15) is 25.1 Å². The van der Waals surface area contributed by atoms with Crippen molar-refractivity contribution in [1.29, 1.82) is 0 Å². The van der Waals surface area contributed by atoms with Crippen LogP contribution in [0, 0.1) is 0 Å². The third-order valence-corrected chi connectivity index (χ3v) is 3.31. The van der Waals surface area contributed by atoms with Gasteiger partial charge in [0.1, 0.15) is 0 Å². The van der Waals surface area contributed by atoms with Gasteiger partial charge in [0.15, 0.2) is 0 Å². The van der Waals surface area contributed by atoms with E-state index in [2.05, 4.69) is 24.9 Å². The van der Waals surface area contributed by atoms with Gasteiger partial charge in [-0.3, -0.25) is 4.98 Å². The predicted molar refractivity (Wildman–Crippen MR) is 76.8 cm³/mol. The van der Waals surface area contributed by atoms with Gasteiger partial charge in [-0.15, -0.1) is 0 Å². The maximum Gasteiger partial charge on any atom is 0.0501 e. The first-order chi connectivity index (χ1) is 8.47. The van der Waals surface area contributed by atoms with Gasteiger partial charge in [-0.1, -0.05) is 37.6 Å². The van der Waals surface area contributed by atoms with Gasteiger partial charge < -0.3 is 5.73 Å². The van der Waals surface area contributed by atoms with Crippen LogP contribution in [0.3, 0.4) is 0 Å². The van der Waals surface area contributed by atoms with Crippen molar-refractivity contribution in [2.75, 3.05) is 5.73 Å². The molecule has 2 rings (SSSR count). The van der Waals surface area contributed by atoms with E-state index in [1.54, 1.807) is 6.20 Å². The minimum atomic E-state index is -0.00594. The average Bonchev–Trinajstić information content (AvgIpc) is 2.32. The fourth-order valence-corrected chi connectivity index (χ4v) is 2.20. The summed E-state index contributed by atoms with van der Waals surface area (Å²) in [6.45, 7) is 4.38. The lowest BCUT2D eigenvalue weighted by Gasteiger charge is -2.25. The number of benzene rings is 1. The molecule has 1 aromatic carbocycles. The molecule has 0 amide bonds. The normalized spacial score (nSPS) is 11.5. The van der Waals surface area contributed by atoms with Crippen LogP contribution < -0.4 is 5.73 Å². The van der Waals surface area contributed by atoms with E-state index in [4.69, 9.17) is 17.3 Å². The highest BCUT2D eigenvalue weighted by molar-refractivity contribution is 6.30. The molecule has 3 heteroatoms. The molecule has 18 heavy (non-hydrogen) atoms. The highest BCUT2D eigenvalue weighted by Gasteiger charge is 2.21. The summed E-state index contributed by atoms with van der Waals surface area (Å²) in [6.07, 6.45) is 2.55. The minimum Gasteiger partial charge on any atom is -0.397 e. The standard InChI is InChI=1S/C15H17ClN2/c1-15(2,11-4-3-5-12(16)8-11)9-14-7-6-13(17)10-18-14/h3-8,10H,9,17H2,1-2H3. The summed E-state index contributed by atoms with van der Waals surface area (Å²) in [5, 5.41) is 0.769. The Labute approximate surface area is 113 Å². The molecule has 0 fully saturated rings. The Balaban J connectivity index is 2.23. The molecule has 0 aliphatic heterocycles. The largest absolute Gasteiger partial charge is 0.397 e. The van der Waals surface area contributed by atoms with Crippen molar-refractivity contribution in [2.24, 2.45) is 0 Å². The fourth-order valence-electron chi connectivity index (χ4n) is 2.00. The molecular formula is C15H17ClN2. The van der Waals surface area contributed by atoms with Crippen LogP contribution in [-0.4, -0.2) is 4.98 Å². The molecule has 0 saturated carbocycles. The lowest BCUT2D eigenvalue weighted by molar-refractivity contribution is 0.515. The molecule has 94 valence electrons. The summed E-state index contributed by atoms with van der Waals surface area (Å²) in [6, 6.07) is 11.8. The maximum atomic E-state index is 6.04. The van der Waals surface area contributed by atoms with Crippen molar-refractivity contribution in [1.82, 2.24) is 4.98 Å². The first-order valence-corrected chi connectivity index (χ1v) is 6.32. The molecular weight excluding hydrogens is 244 g/mol. The Morgan fingerprint density at radius 3 is 2.61 bits per heavy atom. The number of rotatable bonds is 3. The third-order valence-electron chi connectivity index (χ3n) is 3.08. The molecule has 2 N–H and O–H groups in total. The van der Waals surface area contributed by atoms with Crippen LogP contribution in [0.2, 0.25) is 5.02 Å². The van der Waals surface area contributed by atoms with Crippen LogP contribution in [0.4, 0.5) is 5.69 Å². The van der Waals surface area contributed by atoms with E-state index in [1.165, 1.54) is 5.56 Å². The molecule has 1 heterocycles. The Morgan fingerprint density at radius 2 is 2.00 bits per heavy atom. The van der Waals surface area contributed by atoms with Gasteiger partial charge in [0, 0.05) is 10.7 Å². The molecule has 1 aromatic heterocycles. The fraction of sp³-hybridized carbons (Fsp3) is 0.267. The Kier molecular flexibility index (Phi) is 3.58. The van der Waals surface area contributed by atoms with E-state index < -0.39 is 0 Å². The minimum absolute atomic E-state index is 0.00594. The summed E-state index contributed by atoms with van der Waals surface area (Å²) in [4.78, 5) is 4.35. The number of pyridine rings is 1. The van der Waals surface area contributed by atoms with Gasteiger partial charge in [0.2, 0.25) is 0 Å². The lowest BCUT2D eigenvalue weighted by Crippen LogP contribution is -2.21. The molecule has 2 aromatic rings. The van der Waals surface area contributed by atoms with E-state index in [1.807, 2.05) is 30.3 Å². The molecule has 0 saturated heterocycles. The van der Waals surface area contributed by atoms with Crippen LogP contribution in [0.5, 0.6) is 0 Å². The first kappa shape index (κ1) is 12.9. The van der Waals surface area contributed by atoms with Crippen molar-refractivity contribution in [3.63, 3.8) is 0 Å². The van der Waals surface area contributed by atoms with Crippen LogP contribution in [0.15, 0.2) is 42.6 Å². The quantitative estimate of drug-likeness (QED) is 0.911. The van der Waals surface area contributed by atoms with Crippen LogP contribution in [0.25, 0.3) is 0 Å². The second-order valence-corrected chi connectivity index (χ2v) is 5.59. The van der Waals surface area contributed by atoms with E-state index in [9.17, 15) is 0 Å². The van der Waals surface area contributed by atoms with Gasteiger partial charge in [-0.05, 0) is 41.7 Å². The highest BCUT2D eigenvalue weighted by Crippen LogP contribution is 2.28. The Bertz CT molecular complexity index is 532. The smallest absolute Gasteiger partial charge is 0.0501 e. The summed E-state index contributed by atoms with van der Waals surface area (Å²) in [5.41, 5.74) is 8.58. The second-order valence-electron chi connectivity index (χ2n) is 5.15.